The summed E-state index contributed by atoms with van der Waals surface area (Å²) in [4.78, 5) is 16.2. The average molecular weight is 380 g/mol. The molecule has 0 spiro atoms. The fourth-order valence-corrected chi connectivity index (χ4v) is 3.32. The molecule has 140 valence electrons. The third kappa shape index (κ3) is 4.34. The average Bonchev–Trinajstić information content (AvgIpc) is 2.66. The topological polar surface area (TPSA) is 53.4 Å². The Morgan fingerprint density at radius 2 is 1.96 bits per heavy atom. The van der Waals surface area contributed by atoms with E-state index in [0.717, 1.165) is 39.1 Å². The summed E-state index contributed by atoms with van der Waals surface area (Å²) >= 11 is 6.03. The zero-order valence-corrected chi connectivity index (χ0v) is 15.5. The van der Waals surface area contributed by atoms with Gasteiger partial charge in [-0.15, -0.1) is 0 Å². The smallest absolute Gasteiger partial charge is 0.287 e. The summed E-state index contributed by atoms with van der Waals surface area (Å²) in [6.45, 7) is 5.10. The number of anilines is 2. The van der Waals surface area contributed by atoms with Gasteiger partial charge in [-0.1, -0.05) is 23.7 Å². The van der Waals surface area contributed by atoms with Crippen molar-refractivity contribution >= 4 is 23.0 Å². The van der Waals surface area contributed by atoms with Crippen LogP contribution in [0.25, 0.3) is 0 Å². The van der Waals surface area contributed by atoms with Crippen LogP contribution in [0.2, 0.25) is 5.02 Å². The van der Waals surface area contributed by atoms with Crippen LogP contribution in [-0.4, -0.2) is 53.9 Å². The Kier molecular flexibility index (Phi) is 6.11. The fraction of sp³-hybridized carbons (Fsp3) is 0.444. The lowest BCUT2D eigenvalue weighted by atomic mass is 10.2. The van der Waals surface area contributed by atoms with Crippen molar-refractivity contribution in [2.45, 2.75) is 6.42 Å². The molecular formula is C18H23ClFN5O. The van der Waals surface area contributed by atoms with Crippen molar-refractivity contribution in [2.75, 3.05) is 49.5 Å². The molecule has 0 bridgehead atoms. The number of halogens is 2. The number of para-hydroxylation sites is 1. The van der Waals surface area contributed by atoms with Gasteiger partial charge in [0.25, 0.3) is 5.56 Å². The van der Waals surface area contributed by atoms with Gasteiger partial charge in [0.2, 0.25) is 0 Å². The second kappa shape index (κ2) is 8.51. The van der Waals surface area contributed by atoms with Crippen molar-refractivity contribution in [3.05, 3.63) is 51.7 Å². The monoisotopic (exact) mass is 379 g/mol. The number of aryl methyl sites for hydroxylation is 1. The van der Waals surface area contributed by atoms with Crippen LogP contribution in [0.3, 0.4) is 0 Å². The minimum atomic E-state index is -0.305. The lowest BCUT2D eigenvalue weighted by molar-refractivity contribution is 0.256. The Hall–Kier alpha value is -2.12. The Morgan fingerprint density at radius 1 is 1.23 bits per heavy atom. The maximum absolute atomic E-state index is 13.9. The van der Waals surface area contributed by atoms with Gasteiger partial charge in [0.1, 0.15) is 10.8 Å². The number of aromatic nitrogens is 2. The molecule has 0 radical (unpaired) electrons. The molecule has 1 aromatic heterocycles. The molecule has 1 saturated heterocycles. The molecule has 0 atom stereocenters. The molecule has 1 aliphatic rings. The third-order valence-electron chi connectivity index (χ3n) is 4.61. The minimum Gasteiger partial charge on any atom is -0.382 e. The normalized spacial score (nSPS) is 15.3. The van der Waals surface area contributed by atoms with E-state index in [-0.39, 0.29) is 16.4 Å². The van der Waals surface area contributed by atoms with Crippen LogP contribution >= 0.6 is 11.6 Å². The van der Waals surface area contributed by atoms with Gasteiger partial charge in [-0.3, -0.25) is 9.69 Å². The van der Waals surface area contributed by atoms with E-state index in [9.17, 15) is 9.18 Å². The van der Waals surface area contributed by atoms with Crippen LogP contribution in [0, 0.1) is 5.82 Å². The molecule has 2 heterocycles. The number of nitrogens with one attached hydrogen (secondary N) is 1. The second-order valence-electron chi connectivity index (χ2n) is 6.36. The first-order valence-corrected chi connectivity index (χ1v) is 9.11. The number of piperazine rings is 1. The van der Waals surface area contributed by atoms with Crippen molar-refractivity contribution in [3.8, 4) is 0 Å². The first kappa shape index (κ1) is 18.7. The van der Waals surface area contributed by atoms with E-state index in [1.54, 1.807) is 19.3 Å². The molecule has 2 aromatic rings. The number of benzene rings is 1. The molecule has 0 saturated carbocycles. The van der Waals surface area contributed by atoms with Gasteiger partial charge in [-0.25, -0.2) is 9.07 Å². The van der Waals surface area contributed by atoms with Crippen LogP contribution < -0.4 is 15.8 Å². The van der Waals surface area contributed by atoms with Crippen LogP contribution in [0.4, 0.5) is 15.8 Å². The molecule has 1 aromatic carbocycles. The highest BCUT2D eigenvalue weighted by atomic mass is 35.5. The highest BCUT2D eigenvalue weighted by Crippen LogP contribution is 2.20. The standard InChI is InChI=1S/C18H23ClFN5O/c1-23-18(26)17(19)15(13-22-23)21-7-4-8-24-9-11-25(12-10-24)16-6-3-2-5-14(16)20/h2-3,5-6,13,21H,4,7-12H2,1H3. The van der Waals surface area contributed by atoms with Crippen LogP contribution in [0.15, 0.2) is 35.3 Å². The molecule has 1 fully saturated rings. The summed E-state index contributed by atoms with van der Waals surface area (Å²) < 4.78 is 15.1. The number of nitrogens with zero attached hydrogens (tertiary/aromatic N) is 4. The fourth-order valence-electron chi connectivity index (χ4n) is 3.08. The van der Waals surface area contributed by atoms with Gasteiger partial charge in [-0.2, -0.15) is 5.10 Å². The highest BCUT2D eigenvalue weighted by Gasteiger charge is 2.18. The summed E-state index contributed by atoms with van der Waals surface area (Å²) in [5, 5.41) is 7.30. The third-order valence-corrected chi connectivity index (χ3v) is 4.98. The van der Waals surface area contributed by atoms with Gasteiger partial charge >= 0.3 is 0 Å². The summed E-state index contributed by atoms with van der Waals surface area (Å²) in [5.74, 6) is -0.162. The van der Waals surface area contributed by atoms with Gasteiger partial charge < -0.3 is 10.2 Å². The van der Waals surface area contributed by atoms with Crippen molar-refractivity contribution in [1.29, 1.82) is 0 Å². The van der Waals surface area contributed by atoms with Gasteiger partial charge in [0.15, 0.2) is 0 Å². The lowest BCUT2D eigenvalue weighted by Gasteiger charge is -2.36. The van der Waals surface area contributed by atoms with E-state index in [4.69, 9.17) is 11.6 Å². The zero-order chi connectivity index (χ0) is 18.5. The van der Waals surface area contributed by atoms with E-state index in [1.807, 2.05) is 12.1 Å². The van der Waals surface area contributed by atoms with E-state index < -0.39 is 0 Å². The predicted molar refractivity (Wildman–Crippen MR) is 103 cm³/mol. The van der Waals surface area contributed by atoms with Crippen LogP contribution in [0.5, 0.6) is 0 Å². The first-order chi connectivity index (χ1) is 12.6. The molecule has 1 N–H and O–H groups in total. The van der Waals surface area contributed by atoms with Crippen molar-refractivity contribution < 1.29 is 4.39 Å². The van der Waals surface area contributed by atoms with Gasteiger partial charge in [-0.05, 0) is 25.1 Å². The van der Waals surface area contributed by atoms with E-state index in [2.05, 4.69) is 20.2 Å². The zero-order valence-electron chi connectivity index (χ0n) is 14.8. The molecule has 3 rings (SSSR count). The molecule has 0 amide bonds. The second-order valence-corrected chi connectivity index (χ2v) is 6.74. The number of rotatable bonds is 6. The maximum atomic E-state index is 13.9. The van der Waals surface area contributed by atoms with Crippen molar-refractivity contribution in [2.24, 2.45) is 7.05 Å². The van der Waals surface area contributed by atoms with E-state index in [1.165, 1.54) is 10.7 Å². The number of hydrogen-bond acceptors (Lipinski definition) is 5. The van der Waals surface area contributed by atoms with Crippen molar-refractivity contribution in [3.63, 3.8) is 0 Å². The van der Waals surface area contributed by atoms with Gasteiger partial charge in [0, 0.05) is 39.8 Å². The Bertz CT molecular complexity index is 804. The summed E-state index contributed by atoms with van der Waals surface area (Å²) in [6, 6.07) is 6.92. The molecule has 8 heteroatoms. The number of hydrogen-bond donors (Lipinski definition) is 1. The first-order valence-electron chi connectivity index (χ1n) is 8.74. The van der Waals surface area contributed by atoms with Crippen LogP contribution in [-0.2, 0) is 7.05 Å². The molecule has 0 aliphatic carbocycles. The summed E-state index contributed by atoms with van der Waals surface area (Å²) in [7, 11) is 1.57. The maximum Gasteiger partial charge on any atom is 0.287 e. The highest BCUT2D eigenvalue weighted by molar-refractivity contribution is 6.32. The molecule has 1 aliphatic heterocycles. The Morgan fingerprint density at radius 3 is 2.69 bits per heavy atom. The SMILES string of the molecule is Cn1ncc(NCCCN2CCN(c3ccccc3F)CC2)c(Cl)c1=O. The molecule has 26 heavy (non-hydrogen) atoms. The summed E-state index contributed by atoms with van der Waals surface area (Å²) in [5.41, 5.74) is 0.946. The molecule has 0 unspecified atom stereocenters. The molecule has 6 nitrogen and oxygen atoms in total. The lowest BCUT2D eigenvalue weighted by Crippen LogP contribution is -2.47. The Balaban J connectivity index is 1.41. The largest absolute Gasteiger partial charge is 0.382 e. The minimum absolute atomic E-state index is 0.162. The molecular weight excluding hydrogens is 357 g/mol. The van der Waals surface area contributed by atoms with E-state index >= 15 is 0 Å². The van der Waals surface area contributed by atoms with E-state index in [0.29, 0.717) is 17.9 Å². The van der Waals surface area contributed by atoms with Crippen molar-refractivity contribution in [1.82, 2.24) is 14.7 Å². The quantitative estimate of drug-likeness (QED) is 0.780. The van der Waals surface area contributed by atoms with Crippen LogP contribution in [0.1, 0.15) is 6.42 Å². The summed E-state index contributed by atoms with van der Waals surface area (Å²) in [6.07, 6.45) is 2.49. The Labute approximate surface area is 157 Å². The van der Waals surface area contributed by atoms with Gasteiger partial charge in [0.05, 0.1) is 17.6 Å². The predicted octanol–water partition coefficient (Wildman–Crippen LogP) is 2.20.